The van der Waals surface area contributed by atoms with E-state index in [1.165, 1.54) is 0 Å². The quantitative estimate of drug-likeness (QED) is 0.814. The van der Waals surface area contributed by atoms with Crippen LogP contribution in [0.3, 0.4) is 0 Å². The van der Waals surface area contributed by atoms with Gasteiger partial charge in [0.25, 0.3) is 0 Å². The Morgan fingerprint density at radius 2 is 2.38 bits per heavy atom. The van der Waals surface area contributed by atoms with Crippen molar-refractivity contribution in [1.29, 1.82) is 0 Å². The van der Waals surface area contributed by atoms with Gasteiger partial charge in [-0.2, -0.15) is 0 Å². The van der Waals surface area contributed by atoms with Crippen LogP contribution < -0.4 is 0 Å². The van der Waals surface area contributed by atoms with Crippen molar-refractivity contribution >= 4 is 5.97 Å². The molecule has 16 heavy (non-hydrogen) atoms. The van der Waals surface area contributed by atoms with Crippen molar-refractivity contribution in [3.05, 3.63) is 36.0 Å². The number of aliphatic carboxylic acids is 1. The molecule has 5 nitrogen and oxygen atoms in total. The van der Waals surface area contributed by atoms with Crippen molar-refractivity contribution in [1.82, 2.24) is 15.0 Å². The lowest BCUT2D eigenvalue weighted by atomic mass is 10.1. The van der Waals surface area contributed by atoms with Crippen molar-refractivity contribution in [2.24, 2.45) is 0 Å². The number of nitrogens with one attached hydrogen (secondary N) is 1. The standard InChI is InChI=1S/C11H11N3O2/c1-7-13-6-9(4-10(15)16)11(14-7)8-2-3-12-5-8/h2-3,5-6,12H,4H2,1H3,(H,15,16). The number of carbonyl (C=O) groups is 1. The lowest BCUT2D eigenvalue weighted by Gasteiger charge is -2.05. The molecule has 0 aliphatic rings. The van der Waals surface area contributed by atoms with Gasteiger partial charge >= 0.3 is 5.97 Å². The van der Waals surface area contributed by atoms with E-state index < -0.39 is 5.97 Å². The zero-order valence-electron chi connectivity index (χ0n) is 8.77. The van der Waals surface area contributed by atoms with E-state index in [-0.39, 0.29) is 6.42 Å². The van der Waals surface area contributed by atoms with Gasteiger partial charge in [0, 0.05) is 29.7 Å². The minimum Gasteiger partial charge on any atom is -0.481 e. The predicted molar refractivity (Wildman–Crippen MR) is 57.9 cm³/mol. The Bertz CT molecular complexity index is 506. The number of nitrogens with zero attached hydrogens (tertiary/aromatic N) is 2. The molecule has 0 aromatic carbocycles. The smallest absolute Gasteiger partial charge is 0.307 e. The average Bonchev–Trinajstić information content (AvgIpc) is 2.73. The third-order valence-corrected chi connectivity index (χ3v) is 2.20. The van der Waals surface area contributed by atoms with Gasteiger partial charge in [-0.15, -0.1) is 0 Å². The highest BCUT2D eigenvalue weighted by atomic mass is 16.4. The summed E-state index contributed by atoms with van der Waals surface area (Å²) in [7, 11) is 0. The summed E-state index contributed by atoms with van der Waals surface area (Å²) < 4.78 is 0. The molecule has 0 saturated carbocycles. The first-order chi connectivity index (χ1) is 7.66. The zero-order valence-corrected chi connectivity index (χ0v) is 8.77. The third-order valence-electron chi connectivity index (χ3n) is 2.20. The Labute approximate surface area is 92.2 Å². The zero-order chi connectivity index (χ0) is 11.5. The van der Waals surface area contributed by atoms with Crippen LogP contribution >= 0.6 is 0 Å². The SMILES string of the molecule is Cc1ncc(CC(=O)O)c(-c2cc[nH]c2)n1. The molecule has 5 heteroatoms. The van der Waals surface area contributed by atoms with Gasteiger partial charge in [-0.25, -0.2) is 9.97 Å². The summed E-state index contributed by atoms with van der Waals surface area (Å²) in [6, 6.07) is 1.85. The summed E-state index contributed by atoms with van der Waals surface area (Å²) in [5, 5.41) is 8.79. The molecule has 0 saturated heterocycles. The van der Waals surface area contributed by atoms with Crippen LogP contribution in [0.15, 0.2) is 24.7 Å². The first-order valence-electron chi connectivity index (χ1n) is 4.84. The Morgan fingerprint density at radius 1 is 1.56 bits per heavy atom. The van der Waals surface area contributed by atoms with E-state index in [1.807, 2.05) is 6.07 Å². The molecule has 0 aliphatic carbocycles. The van der Waals surface area contributed by atoms with Crippen LogP contribution in [-0.4, -0.2) is 26.0 Å². The summed E-state index contributed by atoms with van der Waals surface area (Å²) in [4.78, 5) is 21.9. The number of hydrogen-bond donors (Lipinski definition) is 2. The third kappa shape index (κ3) is 2.08. The summed E-state index contributed by atoms with van der Waals surface area (Å²) in [5.74, 6) is -0.255. The number of aryl methyl sites for hydroxylation is 1. The molecule has 2 N–H and O–H groups in total. The largest absolute Gasteiger partial charge is 0.481 e. The van der Waals surface area contributed by atoms with Crippen LogP contribution in [0, 0.1) is 6.92 Å². The minimum atomic E-state index is -0.885. The van der Waals surface area contributed by atoms with Crippen LogP contribution in [0.25, 0.3) is 11.3 Å². The summed E-state index contributed by atoms with van der Waals surface area (Å²) >= 11 is 0. The second-order valence-corrected chi connectivity index (χ2v) is 3.46. The fraction of sp³-hybridized carbons (Fsp3) is 0.182. The van der Waals surface area contributed by atoms with Gasteiger partial charge in [0.2, 0.25) is 0 Å². The van der Waals surface area contributed by atoms with E-state index >= 15 is 0 Å². The fourth-order valence-corrected chi connectivity index (χ4v) is 1.51. The van der Waals surface area contributed by atoms with Gasteiger partial charge in [-0.3, -0.25) is 4.79 Å². The molecule has 0 spiro atoms. The molecule has 0 bridgehead atoms. The van der Waals surface area contributed by atoms with Gasteiger partial charge in [0.15, 0.2) is 0 Å². The number of aromatic nitrogens is 3. The Balaban J connectivity index is 2.48. The number of carboxylic acid groups (broad SMARTS) is 1. The molecule has 0 aliphatic heterocycles. The van der Waals surface area contributed by atoms with Gasteiger partial charge in [-0.05, 0) is 13.0 Å². The number of hydrogen-bond acceptors (Lipinski definition) is 3. The van der Waals surface area contributed by atoms with E-state index in [4.69, 9.17) is 5.11 Å². The highest BCUT2D eigenvalue weighted by Crippen LogP contribution is 2.20. The van der Waals surface area contributed by atoms with Crippen molar-refractivity contribution < 1.29 is 9.90 Å². The number of H-pyrrole nitrogens is 1. The Hall–Kier alpha value is -2.17. The van der Waals surface area contributed by atoms with Crippen LogP contribution in [0.2, 0.25) is 0 Å². The molecular formula is C11H11N3O2. The molecule has 0 unspecified atom stereocenters. The second-order valence-electron chi connectivity index (χ2n) is 3.46. The average molecular weight is 217 g/mol. The highest BCUT2D eigenvalue weighted by Gasteiger charge is 2.11. The molecule has 2 aromatic rings. The number of aromatic amines is 1. The van der Waals surface area contributed by atoms with Crippen LogP contribution in [-0.2, 0) is 11.2 Å². The summed E-state index contributed by atoms with van der Waals surface area (Å²) in [6.07, 6.45) is 5.06. The van der Waals surface area contributed by atoms with Crippen molar-refractivity contribution in [3.63, 3.8) is 0 Å². The lowest BCUT2D eigenvalue weighted by Crippen LogP contribution is -2.05. The Kier molecular flexibility index (Phi) is 2.68. The maximum atomic E-state index is 10.7. The van der Waals surface area contributed by atoms with Crippen LogP contribution in [0.5, 0.6) is 0 Å². The maximum Gasteiger partial charge on any atom is 0.307 e. The molecule has 0 radical (unpaired) electrons. The van der Waals surface area contributed by atoms with E-state index in [1.54, 1.807) is 25.5 Å². The van der Waals surface area contributed by atoms with Crippen molar-refractivity contribution in [3.8, 4) is 11.3 Å². The molecule has 2 aromatic heterocycles. The highest BCUT2D eigenvalue weighted by molar-refractivity contribution is 5.74. The number of rotatable bonds is 3. The van der Waals surface area contributed by atoms with Crippen molar-refractivity contribution in [2.45, 2.75) is 13.3 Å². The second kappa shape index (κ2) is 4.14. The van der Waals surface area contributed by atoms with E-state index in [0.717, 1.165) is 5.56 Å². The van der Waals surface area contributed by atoms with Crippen LogP contribution in [0.1, 0.15) is 11.4 Å². The summed E-state index contributed by atoms with van der Waals surface area (Å²) in [5.41, 5.74) is 2.18. The van der Waals surface area contributed by atoms with Gasteiger partial charge in [-0.1, -0.05) is 0 Å². The molecule has 0 amide bonds. The maximum absolute atomic E-state index is 10.7. The van der Waals surface area contributed by atoms with Crippen molar-refractivity contribution in [2.75, 3.05) is 0 Å². The molecule has 2 rings (SSSR count). The topological polar surface area (TPSA) is 78.9 Å². The predicted octanol–water partition coefficient (Wildman–Crippen LogP) is 1.41. The lowest BCUT2D eigenvalue weighted by molar-refractivity contribution is -0.136. The normalized spacial score (nSPS) is 10.3. The molecular weight excluding hydrogens is 206 g/mol. The first-order valence-corrected chi connectivity index (χ1v) is 4.84. The molecule has 82 valence electrons. The fourth-order valence-electron chi connectivity index (χ4n) is 1.51. The van der Waals surface area contributed by atoms with Gasteiger partial charge in [0.05, 0.1) is 12.1 Å². The minimum absolute atomic E-state index is 0.0687. The van der Waals surface area contributed by atoms with Crippen LogP contribution in [0.4, 0.5) is 0 Å². The number of carboxylic acids is 1. The monoisotopic (exact) mass is 217 g/mol. The van der Waals surface area contributed by atoms with Gasteiger partial charge in [0.1, 0.15) is 5.82 Å². The molecule has 0 atom stereocenters. The van der Waals surface area contributed by atoms with E-state index in [0.29, 0.717) is 17.1 Å². The Morgan fingerprint density at radius 3 is 3.00 bits per heavy atom. The molecule has 2 heterocycles. The van der Waals surface area contributed by atoms with E-state index in [2.05, 4.69) is 15.0 Å². The first kappa shape index (κ1) is 10.4. The van der Waals surface area contributed by atoms with E-state index in [9.17, 15) is 4.79 Å². The molecule has 0 fully saturated rings. The summed E-state index contributed by atoms with van der Waals surface area (Å²) in [6.45, 7) is 1.78. The van der Waals surface area contributed by atoms with Gasteiger partial charge < -0.3 is 10.1 Å².